The topological polar surface area (TPSA) is 227 Å². The largest absolute Gasteiger partial charge is 0.369 e. The van der Waals surface area contributed by atoms with E-state index in [0.717, 1.165) is 0 Å². The molecular formula is C6H11N11O. The quantitative estimate of drug-likeness (QED) is 0.276. The Balaban J connectivity index is 0.000000180. The molecule has 2 aromatic rings. The lowest BCUT2D eigenvalue weighted by atomic mass is 10.9. The number of rotatable bonds is 0. The summed E-state index contributed by atoms with van der Waals surface area (Å²) in [6.07, 6.45) is 0. The molecule has 96 valence electrons. The molecule has 0 bridgehead atoms. The highest BCUT2D eigenvalue weighted by Crippen LogP contribution is 1.97. The standard InChI is InChI=1S/C3H6N6.C3H5N5O/c4-1-7-2(5)9-3(6)8-1;4-1-6-2(5)8-3(9)7-1/h(H6,4,5,6,7,8,9);(H5,4,5,6,7,8,9). The summed E-state index contributed by atoms with van der Waals surface area (Å²) in [5.41, 5.74) is 24.9. The van der Waals surface area contributed by atoms with Crippen molar-refractivity contribution >= 4 is 29.7 Å². The van der Waals surface area contributed by atoms with Crippen LogP contribution < -0.4 is 34.4 Å². The Morgan fingerprint density at radius 3 is 1.39 bits per heavy atom. The fraction of sp³-hybridized carbons (Fsp3) is 0. The fourth-order valence-corrected chi connectivity index (χ4v) is 0.845. The second-order valence-corrected chi connectivity index (χ2v) is 2.81. The third-order valence-corrected chi connectivity index (χ3v) is 1.37. The summed E-state index contributed by atoms with van der Waals surface area (Å²) in [5.74, 6) is -0.0104. The van der Waals surface area contributed by atoms with Crippen LogP contribution in [0.25, 0.3) is 0 Å². The maximum atomic E-state index is 10.3. The summed E-state index contributed by atoms with van der Waals surface area (Å²) < 4.78 is 0. The van der Waals surface area contributed by atoms with Crippen molar-refractivity contribution in [2.45, 2.75) is 0 Å². The van der Waals surface area contributed by atoms with Crippen LogP contribution in [-0.4, -0.2) is 29.9 Å². The Labute approximate surface area is 99.7 Å². The van der Waals surface area contributed by atoms with Crippen LogP contribution in [0.4, 0.5) is 29.7 Å². The molecule has 0 aliphatic heterocycles. The SMILES string of the molecule is Nc1nc(N)[nH]c(=O)n1.Nc1nc(N)nc(N)n1. The van der Waals surface area contributed by atoms with Gasteiger partial charge in [0.25, 0.3) is 0 Å². The molecule has 11 N–H and O–H groups in total. The van der Waals surface area contributed by atoms with Crippen LogP contribution in [0.3, 0.4) is 0 Å². The molecule has 2 rings (SSSR count). The normalized spacial score (nSPS) is 9.33. The minimum absolute atomic E-state index is 0.0208. The number of aromatic amines is 1. The highest BCUT2D eigenvalue weighted by molar-refractivity contribution is 5.33. The zero-order valence-electron chi connectivity index (χ0n) is 9.03. The summed E-state index contributed by atoms with van der Waals surface area (Å²) in [5, 5.41) is 0. The van der Waals surface area contributed by atoms with Gasteiger partial charge < -0.3 is 28.7 Å². The Morgan fingerprint density at radius 1 is 0.667 bits per heavy atom. The van der Waals surface area contributed by atoms with Crippen molar-refractivity contribution in [3.05, 3.63) is 10.5 Å². The van der Waals surface area contributed by atoms with E-state index in [4.69, 9.17) is 28.7 Å². The van der Waals surface area contributed by atoms with Gasteiger partial charge in [-0.25, -0.2) is 4.79 Å². The summed E-state index contributed by atoms with van der Waals surface area (Å²) in [4.78, 5) is 29.6. The Morgan fingerprint density at radius 2 is 1.06 bits per heavy atom. The summed E-state index contributed by atoms with van der Waals surface area (Å²) in [7, 11) is 0. The average molecular weight is 253 g/mol. The van der Waals surface area contributed by atoms with E-state index in [2.05, 4.69) is 29.9 Å². The minimum Gasteiger partial charge on any atom is -0.369 e. The molecule has 12 heteroatoms. The van der Waals surface area contributed by atoms with E-state index in [-0.39, 0.29) is 29.7 Å². The first-order chi connectivity index (χ1) is 8.36. The lowest BCUT2D eigenvalue weighted by Crippen LogP contribution is -2.16. The van der Waals surface area contributed by atoms with Crippen molar-refractivity contribution < 1.29 is 0 Å². The molecule has 0 aliphatic carbocycles. The predicted octanol–water partition coefficient (Wildman–Crippen LogP) is -3.05. The van der Waals surface area contributed by atoms with Gasteiger partial charge in [0.05, 0.1) is 0 Å². The summed E-state index contributed by atoms with van der Waals surface area (Å²) in [6.45, 7) is 0. The van der Waals surface area contributed by atoms with Crippen molar-refractivity contribution in [1.82, 2.24) is 29.9 Å². The summed E-state index contributed by atoms with van der Waals surface area (Å²) >= 11 is 0. The minimum atomic E-state index is -0.583. The molecular weight excluding hydrogens is 242 g/mol. The van der Waals surface area contributed by atoms with Crippen molar-refractivity contribution in [2.75, 3.05) is 28.7 Å². The Bertz CT molecular complexity index is 519. The van der Waals surface area contributed by atoms with Crippen LogP contribution >= 0.6 is 0 Å². The lowest BCUT2D eigenvalue weighted by molar-refractivity contribution is 1.01. The van der Waals surface area contributed by atoms with E-state index >= 15 is 0 Å². The van der Waals surface area contributed by atoms with Gasteiger partial charge in [-0.3, -0.25) is 4.98 Å². The average Bonchev–Trinajstić information content (AvgIpc) is 2.12. The smallest absolute Gasteiger partial charge is 0.350 e. The van der Waals surface area contributed by atoms with Gasteiger partial charge in [-0.1, -0.05) is 0 Å². The molecule has 2 aromatic heterocycles. The number of nitrogens with two attached hydrogens (primary N) is 5. The van der Waals surface area contributed by atoms with Crippen LogP contribution in [0.1, 0.15) is 0 Å². The maximum absolute atomic E-state index is 10.3. The molecule has 2 heterocycles. The number of nitrogens with one attached hydrogen (secondary N) is 1. The van der Waals surface area contributed by atoms with Gasteiger partial charge in [-0.2, -0.15) is 24.9 Å². The van der Waals surface area contributed by atoms with E-state index in [1.807, 2.05) is 0 Å². The first-order valence-corrected chi connectivity index (χ1v) is 4.38. The van der Waals surface area contributed by atoms with Crippen LogP contribution in [0.5, 0.6) is 0 Å². The third-order valence-electron chi connectivity index (χ3n) is 1.37. The number of nitrogen functional groups attached to an aromatic ring is 5. The highest BCUT2D eigenvalue weighted by atomic mass is 16.1. The highest BCUT2D eigenvalue weighted by Gasteiger charge is 1.94. The number of hydrogen-bond acceptors (Lipinski definition) is 11. The van der Waals surface area contributed by atoms with E-state index in [1.165, 1.54) is 0 Å². The molecule has 0 aliphatic rings. The van der Waals surface area contributed by atoms with Gasteiger partial charge in [0.1, 0.15) is 0 Å². The monoisotopic (exact) mass is 253 g/mol. The number of hydrogen-bond donors (Lipinski definition) is 6. The number of H-pyrrole nitrogens is 1. The van der Waals surface area contributed by atoms with Crippen molar-refractivity contribution in [3.8, 4) is 0 Å². The molecule has 18 heavy (non-hydrogen) atoms. The van der Waals surface area contributed by atoms with Gasteiger partial charge >= 0.3 is 5.69 Å². The van der Waals surface area contributed by atoms with Gasteiger partial charge in [-0.15, -0.1) is 0 Å². The molecule has 0 aromatic carbocycles. The van der Waals surface area contributed by atoms with Gasteiger partial charge in [0.15, 0.2) is 0 Å². The first-order valence-electron chi connectivity index (χ1n) is 4.38. The molecule has 0 fully saturated rings. The zero-order chi connectivity index (χ0) is 13.7. The van der Waals surface area contributed by atoms with Gasteiger partial charge in [-0.05, 0) is 0 Å². The number of nitrogens with zero attached hydrogens (tertiary/aromatic N) is 5. The van der Waals surface area contributed by atoms with Crippen LogP contribution in [-0.2, 0) is 0 Å². The van der Waals surface area contributed by atoms with Gasteiger partial charge in [0.2, 0.25) is 29.7 Å². The van der Waals surface area contributed by atoms with Crippen LogP contribution in [0, 0.1) is 0 Å². The van der Waals surface area contributed by atoms with Crippen molar-refractivity contribution in [3.63, 3.8) is 0 Å². The van der Waals surface area contributed by atoms with Gasteiger partial charge in [0, 0.05) is 0 Å². The van der Waals surface area contributed by atoms with Crippen molar-refractivity contribution in [1.29, 1.82) is 0 Å². The van der Waals surface area contributed by atoms with Crippen LogP contribution in [0.2, 0.25) is 0 Å². The second kappa shape index (κ2) is 5.24. The summed E-state index contributed by atoms with van der Waals surface area (Å²) in [6, 6.07) is 0. The molecule has 0 radical (unpaired) electrons. The molecule has 0 spiro atoms. The van der Waals surface area contributed by atoms with Crippen LogP contribution in [0.15, 0.2) is 4.79 Å². The maximum Gasteiger partial charge on any atom is 0.350 e. The Hall–Kier alpha value is -3.18. The third kappa shape index (κ3) is 4.13. The van der Waals surface area contributed by atoms with E-state index < -0.39 is 5.69 Å². The van der Waals surface area contributed by atoms with Crippen molar-refractivity contribution in [2.24, 2.45) is 0 Å². The van der Waals surface area contributed by atoms with E-state index in [0.29, 0.717) is 0 Å². The predicted molar refractivity (Wildman–Crippen MR) is 64.5 cm³/mol. The molecule has 0 saturated carbocycles. The Kier molecular flexibility index (Phi) is 3.75. The molecule has 12 nitrogen and oxygen atoms in total. The molecule has 0 amide bonds. The van der Waals surface area contributed by atoms with E-state index in [9.17, 15) is 4.79 Å². The molecule has 0 unspecified atom stereocenters. The van der Waals surface area contributed by atoms with E-state index in [1.54, 1.807) is 0 Å². The first kappa shape index (κ1) is 12.9. The lowest BCUT2D eigenvalue weighted by Gasteiger charge is -1.93. The number of anilines is 5. The zero-order valence-corrected chi connectivity index (χ0v) is 9.03. The molecule has 0 atom stereocenters. The second-order valence-electron chi connectivity index (χ2n) is 2.81. The molecule has 0 saturated heterocycles. The number of aromatic nitrogens is 6. The fourth-order valence-electron chi connectivity index (χ4n) is 0.845.